The van der Waals surface area contributed by atoms with Gasteiger partial charge in [-0.2, -0.15) is 0 Å². The van der Waals surface area contributed by atoms with Crippen molar-refractivity contribution in [1.82, 2.24) is 5.32 Å². The molecule has 1 saturated heterocycles. The third-order valence-electron chi connectivity index (χ3n) is 6.13. The average molecular weight is 426 g/mol. The lowest BCUT2D eigenvalue weighted by atomic mass is 9.74. The van der Waals surface area contributed by atoms with Crippen molar-refractivity contribution in [3.05, 3.63) is 59.9 Å². The number of nitrogens with zero attached hydrogens (tertiary/aromatic N) is 1. The second-order valence-electron chi connectivity index (χ2n) is 8.04. The smallest absolute Gasteiger partial charge is 0.227 e. The lowest BCUT2D eigenvalue weighted by Gasteiger charge is -2.38. The fourth-order valence-corrected chi connectivity index (χ4v) is 4.27. The Kier molecular flexibility index (Phi) is 6.51. The minimum absolute atomic E-state index is 0.0924. The summed E-state index contributed by atoms with van der Waals surface area (Å²) in [5, 5.41) is 3.00. The van der Waals surface area contributed by atoms with Crippen LogP contribution in [-0.4, -0.2) is 44.7 Å². The molecule has 7 heteroatoms. The van der Waals surface area contributed by atoms with Gasteiger partial charge in [-0.3, -0.25) is 9.59 Å². The van der Waals surface area contributed by atoms with Crippen LogP contribution in [0.3, 0.4) is 0 Å². The first kappa shape index (κ1) is 21.3. The maximum atomic E-state index is 13.4. The molecule has 4 rings (SSSR count). The first-order chi connectivity index (χ1) is 15.1. The highest BCUT2D eigenvalue weighted by atomic mass is 19.1. The Morgan fingerprint density at radius 1 is 1.00 bits per heavy atom. The molecule has 31 heavy (non-hydrogen) atoms. The number of rotatable bonds is 6. The molecule has 0 saturated carbocycles. The molecule has 0 aliphatic carbocycles. The van der Waals surface area contributed by atoms with Gasteiger partial charge in [0.05, 0.1) is 12.2 Å². The van der Waals surface area contributed by atoms with Gasteiger partial charge in [-0.25, -0.2) is 4.39 Å². The normalized spacial score (nSPS) is 17.4. The summed E-state index contributed by atoms with van der Waals surface area (Å²) >= 11 is 0. The van der Waals surface area contributed by atoms with E-state index in [-0.39, 0.29) is 35.9 Å². The molecule has 0 atom stereocenters. The number of benzene rings is 2. The van der Waals surface area contributed by atoms with Crippen molar-refractivity contribution in [3.63, 3.8) is 0 Å². The molecule has 2 aliphatic heterocycles. The van der Waals surface area contributed by atoms with Crippen molar-refractivity contribution in [2.45, 2.75) is 31.1 Å². The zero-order chi connectivity index (χ0) is 21.7. The molecule has 0 radical (unpaired) electrons. The number of para-hydroxylation sites is 2. The second-order valence-corrected chi connectivity index (χ2v) is 8.04. The predicted octanol–water partition coefficient (Wildman–Crippen LogP) is 3.20. The highest BCUT2D eigenvalue weighted by molar-refractivity contribution is 5.97. The molecule has 2 aromatic carbocycles. The molecule has 0 unspecified atom stereocenters. The van der Waals surface area contributed by atoms with Crippen LogP contribution in [0, 0.1) is 5.82 Å². The Bertz CT molecular complexity index is 925. The molecular weight excluding hydrogens is 399 g/mol. The van der Waals surface area contributed by atoms with E-state index in [1.165, 1.54) is 12.1 Å². The Hall–Kier alpha value is -2.93. The third-order valence-corrected chi connectivity index (χ3v) is 6.13. The quantitative estimate of drug-likeness (QED) is 0.770. The average Bonchev–Trinajstić information content (AvgIpc) is 2.82. The van der Waals surface area contributed by atoms with Crippen LogP contribution in [0.1, 0.15) is 31.2 Å². The number of fused-ring (bicyclic) bond motifs is 1. The van der Waals surface area contributed by atoms with Gasteiger partial charge < -0.3 is 19.7 Å². The van der Waals surface area contributed by atoms with E-state index < -0.39 is 0 Å². The minimum Gasteiger partial charge on any atom is -0.490 e. The fraction of sp³-hybridized carbons (Fsp3) is 0.417. The van der Waals surface area contributed by atoms with E-state index in [0.717, 1.165) is 24.1 Å². The third kappa shape index (κ3) is 4.88. The highest BCUT2D eigenvalue weighted by Gasteiger charge is 2.35. The summed E-state index contributed by atoms with van der Waals surface area (Å²) in [5.41, 5.74) is 1.46. The Morgan fingerprint density at radius 2 is 1.74 bits per heavy atom. The SMILES string of the molecule is O=C(CCC(=O)N1CCOc2ccccc21)NCC1(c2ccc(F)cc2)CCOCC1. The van der Waals surface area contributed by atoms with Crippen molar-refractivity contribution in [3.8, 4) is 5.75 Å². The van der Waals surface area contributed by atoms with Crippen LogP contribution in [-0.2, 0) is 19.7 Å². The number of carbonyl (C=O) groups is 2. The maximum Gasteiger partial charge on any atom is 0.227 e. The predicted molar refractivity (Wildman–Crippen MR) is 115 cm³/mol. The molecule has 1 fully saturated rings. The first-order valence-corrected chi connectivity index (χ1v) is 10.7. The van der Waals surface area contributed by atoms with Crippen LogP contribution in [0.2, 0.25) is 0 Å². The van der Waals surface area contributed by atoms with Crippen molar-refractivity contribution in [2.24, 2.45) is 0 Å². The van der Waals surface area contributed by atoms with E-state index in [0.29, 0.717) is 38.7 Å². The van der Waals surface area contributed by atoms with Gasteiger partial charge in [-0.15, -0.1) is 0 Å². The minimum atomic E-state index is -0.283. The summed E-state index contributed by atoms with van der Waals surface area (Å²) < 4.78 is 24.5. The summed E-state index contributed by atoms with van der Waals surface area (Å²) in [7, 11) is 0. The summed E-state index contributed by atoms with van der Waals surface area (Å²) in [4.78, 5) is 27.0. The van der Waals surface area contributed by atoms with Gasteiger partial charge in [0.2, 0.25) is 11.8 Å². The van der Waals surface area contributed by atoms with E-state index in [9.17, 15) is 14.0 Å². The number of nitrogens with one attached hydrogen (secondary N) is 1. The van der Waals surface area contributed by atoms with Gasteiger partial charge in [0.15, 0.2) is 0 Å². The lowest BCUT2D eigenvalue weighted by Crippen LogP contribution is -2.45. The zero-order valence-electron chi connectivity index (χ0n) is 17.4. The Morgan fingerprint density at radius 3 is 2.52 bits per heavy atom. The van der Waals surface area contributed by atoms with Gasteiger partial charge >= 0.3 is 0 Å². The van der Waals surface area contributed by atoms with Gasteiger partial charge in [0, 0.05) is 38.0 Å². The van der Waals surface area contributed by atoms with E-state index in [4.69, 9.17) is 9.47 Å². The molecule has 2 aromatic rings. The first-order valence-electron chi connectivity index (χ1n) is 10.7. The summed E-state index contributed by atoms with van der Waals surface area (Å²) in [5.74, 6) is 0.151. The van der Waals surface area contributed by atoms with Crippen molar-refractivity contribution in [2.75, 3.05) is 37.8 Å². The molecule has 1 N–H and O–H groups in total. The number of halogens is 1. The number of carbonyl (C=O) groups excluding carboxylic acids is 2. The van der Waals surface area contributed by atoms with Crippen molar-refractivity contribution in [1.29, 1.82) is 0 Å². The van der Waals surface area contributed by atoms with Crippen LogP contribution in [0.4, 0.5) is 10.1 Å². The number of amides is 2. The Balaban J connectivity index is 1.34. The van der Waals surface area contributed by atoms with Crippen LogP contribution in [0.5, 0.6) is 5.75 Å². The number of ether oxygens (including phenoxy) is 2. The van der Waals surface area contributed by atoms with Gasteiger partial charge in [-0.1, -0.05) is 24.3 Å². The van der Waals surface area contributed by atoms with E-state index >= 15 is 0 Å². The summed E-state index contributed by atoms with van der Waals surface area (Å²) in [6, 6.07) is 13.9. The molecule has 0 aromatic heterocycles. The van der Waals surface area contributed by atoms with Gasteiger partial charge in [0.1, 0.15) is 18.2 Å². The molecule has 0 spiro atoms. The van der Waals surface area contributed by atoms with Crippen LogP contribution < -0.4 is 15.0 Å². The summed E-state index contributed by atoms with van der Waals surface area (Å²) in [6.45, 7) is 2.56. The monoisotopic (exact) mass is 426 g/mol. The van der Waals surface area contributed by atoms with Crippen molar-refractivity contribution < 1.29 is 23.5 Å². The summed E-state index contributed by atoms with van der Waals surface area (Å²) in [6.07, 6.45) is 1.76. The Labute approximate surface area is 181 Å². The molecule has 0 bridgehead atoms. The molecule has 164 valence electrons. The van der Waals surface area contributed by atoms with E-state index in [1.807, 2.05) is 24.3 Å². The number of anilines is 1. The largest absolute Gasteiger partial charge is 0.490 e. The lowest BCUT2D eigenvalue weighted by molar-refractivity contribution is -0.125. The van der Waals surface area contributed by atoms with Gasteiger partial charge in [-0.05, 0) is 42.7 Å². The number of hydrogen-bond donors (Lipinski definition) is 1. The fourth-order valence-electron chi connectivity index (χ4n) is 4.27. The molecule has 2 amide bonds. The van der Waals surface area contributed by atoms with E-state index in [1.54, 1.807) is 17.0 Å². The second kappa shape index (κ2) is 9.47. The van der Waals surface area contributed by atoms with Crippen LogP contribution in [0.25, 0.3) is 0 Å². The van der Waals surface area contributed by atoms with Crippen LogP contribution in [0.15, 0.2) is 48.5 Å². The van der Waals surface area contributed by atoms with E-state index in [2.05, 4.69) is 5.32 Å². The molecular formula is C24H27FN2O4. The van der Waals surface area contributed by atoms with Crippen molar-refractivity contribution >= 4 is 17.5 Å². The standard InChI is InChI=1S/C24H27FN2O4/c25-19-7-5-18(6-8-19)24(11-14-30-15-12-24)17-26-22(28)9-10-23(29)27-13-16-31-21-4-2-1-3-20(21)27/h1-8H,9-17H2,(H,26,28). The molecule has 2 heterocycles. The number of hydrogen-bond acceptors (Lipinski definition) is 4. The molecule has 2 aliphatic rings. The maximum absolute atomic E-state index is 13.4. The zero-order valence-corrected chi connectivity index (χ0v) is 17.4. The van der Waals surface area contributed by atoms with Gasteiger partial charge in [0.25, 0.3) is 0 Å². The highest BCUT2D eigenvalue weighted by Crippen LogP contribution is 2.34. The molecule has 6 nitrogen and oxygen atoms in total. The van der Waals surface area contributed by atoms with Crippen LogP contribution >= 0.6 is 0 Å². The topological polar surface area (TPSA) is 67.9 Å².